The fraction of sp³-hybridized carbons (Fsp3) is 0.267. The van der Waals surface area contributed by atoms with E-state index in [1.54, 1.807) is 12.3 Å². The zero-order valence-electron chi connectivity index (χ0n) is 11.9. The number of alkyl halides is 2. The summed E-state index contributed by atoms with van der Waals surface area (Å²) in [6, 6.07) is 9.20. The number of nitrogens with one attached hydrogen (secondary N) is 2. The Bertz CT molecular complexity index is 585. The molecule has 0 fully saturated rings. The Morgan fingerprint density at radius 3 is 2.59 bits per heavy atom. The van der Waals surface area contributed by atoms with E-state index in [0.29, 0.717) is 5.69 Å². The molecule has 0 bridgehead atoms. The van der Waals surface area contributed by atoms with Crippen molar-refractivity contribution in [3.8, 4) is 5.75 Å². The zero-order chi connectivity index (χ0) is 15.9. The summed E-state index contributed by atoms with van der Waals surface area (Å²) >= 11 is 0. The van der Waals surface area contributed by atoms with Gasteiger partial charge in [-0.1, -0.05) is 0 Å². The standard InChI is InChI=1S/C15H16F2N2O3/c1-10(13-3-2-8-21-13)18-9-14(20)19-11-4-6-12(7-5-11)22-15(16)17/h2-8,10,15,18H,9H2,1H3,(H,19,20)/t10-/m0/s1. The number of hydrogen-bond donors (Lipinski definition) is 2. The smallest absolute Gasteiger partial charge is 0.387 e. The molecule has 1 aromatic carbocycles. The van der Waals surface area contributed by atoms with E-state index in [0.717, 1.165) is 5.76 Å². The Labute approximate surface area is 126 Å². The molecular formula is C15H16F2N2O3. The quantitative estimate of drug-likeness (QED) is 0.824. The maximum absolute atomic E-state index is 12.0. The molecular weight excluding hydrogens is 294 g/mol. The van der Waals surface area contributed by atoms with Gasteiger partial charge >= 0.3 is 6.61 Å². The highest BCUT2D eigenvalue weighted by Crippen LogP contribution is 2.17. The molecule has 1 heterocycles. The molecule has 1 aromatic heterocycles. The number of halogens is 2. The maximum atomic E-state index is 12.0. The van der Waals surface area contributed by atoms with Gasteiger partial charge in [0.15, 0.2) is 0 Å². The van der Waals surface area contributed by atoms with Crippen LogP contribution < -0.4 is 15.4 Å². The van der Waals surface area contributed by atoms with Crippen molar-refractivity contribution in [3.63, 3.8) is 0 Å². The number of carbonyl (C=O) groups is 1. The van der Waals surface area contributed by atoms with Crippen LogP contribution in [0.1, 0.15) is 18.7 Å². The molecule has 2 N–H and O–H groups in total. The summed E-state index contributed by atoms with van der Waals surface area (Å²) in [5, 5.41) is 5.66. The van der Waals surface area contributed by atoms with E-state index in [1.807, 2.05) is 13.0 Å². The molecule has 22 heavy (non-hydrogen) atoms. The summed E-state index contributed by atoms with van der Waals surface area (Å²) in [6.45, 7) is -0.896. The lowest BCUT2D eigenvalue weighted by Crippen LogP contribution is -2.29. The van der Waals surface area contributed by atoms with E-state index in [2.05, 4.69) is 15.4 Å². The molecule has 1 atom stereocenters. The van der Waals surface area contributed by atoms with Crippen LogP contribution in [0.2, 0.25) is 0 Å². The van der Waals surface area contributed by atoms with Gasteiger partial charge in [-0.3, -0.25) is 10.1 Å². The van der Waals surface area contributed by atoms with Crippen LogP contribution in [0.5, 0.6) is 5.75 Å². The van der Waals surface area contributed by atoms with Crippen LogP contribution in [0.4, 0.5) is 14.5 Å². The molecule has 0 unspecified atom stereocenters. The van der Waals surface area contributed by atoms with Crippen LogP contribution in [0.3, 0.4) is 0 Å². The number of anilines is 1. The summed E-state index contributed by atoms with van der Waals surface area (Å²) in [7, 11) is 0. The molecule has 7 heteroatoms. The largest absolute Gasteiger partial charge is 0.468 e. The summed E-state index contributed by atoms with van der Waals surface area (Å²) in [5.41, 5.74) is 0.499. The summed E-state index contributed by atoms with van der Waals surface area (Å²) in [6.07, 6.45) is 1.57. The van der Waals surface area contributed by atoms with Crippen molar-refractivity contribution >= 4 is 11.6 Å². The van der Waals surface area contributed by atoms with Crippen molar-refractivity contribution < 1.29 is 22.7 Å². The molecule has 2 rings (SSSR count). The van der Waals surface area contributed by atoms with Gasteiger partial charge in [0, 0.05) is 5.69 Å². The van der Waals surface area contributed by atoms with Crippen LogP contribution >= 0.6 is 0 Å². The van der Waals surface area contributed by atoms with Crippen molar-refractivity contribution in [1.82, 2.24) is 5.32 Å². The maximum Gasteiger partial charge on any atom is 0.387 e. The van der Waals surface area contributed by atoms with Crippen molar-refractivity contribution in [3.05, 3.63) is 48.4 Å². The zero-order valence-corrected chi connectivity index (χ0v) is 11.9. The second-order valence-corrected chi connectivity index (χ2v) is 4.57. The second-order valence-electron chi connectivity index (χ2n) is 4.57. The summed E-state index contributed by atoms with van der Waals surface area (Å²) < 4.78 is 33.5. The average Bonchev–Trinajstić information content (AvgIpc) is 3.00. The fourth-order valence-electron chi connectivity index (χ4n) is 1.81. The third kappa shape index (κ3) is 4.85. The van der Waals surface area contributed by atoms with Crippen LogP contribution in [-0.4, -0.2) is 19.1 Å². The first kappa shape index (κ1) is 16.0. The molecule has 0 spiro atoms. The predicted octanol–water partition coefficient (Wildman–Crippen LogP) is 3.17. The Balaban J connectivity index is 1.79. The molecule has 0 saturated heterocycles. The molecule has 0 radical (unpaired) electrons. The van der Waals surface area contributed by atoms with Crippen molar-refractivity contribution in [2.75, 3.05) is 11.9 Å². The van der Waals surface area contributed by atoms with Crippen LogP contribution in [-0.2, 0) is 4.79 Å². The van der Waals surface area contributed by atoms with E-state index in [4.69, 9.17) is 4.42 Å². The molecule has 2 aromatic rings. The highest BCUT2D eigenvalue weighted by atomic mass is 19.3. The average molecular weight is 310 g/mol. The van der Waals surface area contributed by atoms with E-state index in [1.165, 1.54) is 24.3 Å². The van der Waals surface area contributed by atoms with Gasteiger partial charge < -0.3 is 14.5 Å². The number of rotatable bonds is 7. The highest BCUT2D eigenvalue weighted by molar-refractivity contribution is 5.92. The number of hydrogen-bond acceptors (Lipinski definition) is 4. The second kappa shape index (κ2) is 7.56. The van der Waals surface area contributed by atoms with Gasteiger partial charge in [-0.15, -0.1) is 0 Å². The van der Waals surface area contributed by atoms with E-state index in [-0.39, 0.29) is 24.2 Å². The molecule has 118 valence electrons. The number of amides is 1. The number of carbonyl (C=O) groups excluding carboxylic acids is 1. The Morgan fingerprint density at radius 2 is 2.00 bits per heavy atom. The van der Waals surface area contributed by atoms with Gasteiger partial charge in [0.25, 0.3) is 0 Å². The van der Waals surface area contributed by atoms with Crippen LogP contribution in [0, 0.1) is 0 Å². The van der Waals surface area contributed by atoms with E-state index < -0.39 is 6.61 Å². The first-order valence-corrected chi connectivity index (χ1v) is 6.66. The fourth-order valence-corrected chi connectivity index (χ4v) is 1.81. The number of ether oxygens (including phenoxy) is 1. The van der Waals surface area contributed by atoms with Gasteiger partial charge in [-0.25, -0.2) is 0 Å². The van der Waals surface area contributed by atoms with Gasteiger partial charge in [-0.05, 0) is 43.3 Å². The predicted molar refractivity (Wildman–Crippen MR) is 76.8 cm³/mol. The summed E-state index contributed by atoms with van der Waals surface area (Å²) in [5.74, 6) is 0.528. The molecule has 5 nitrogen and oxygen atoms in total. The normalized spacial score (nSPS) is 12.2. The molecule has 0 aliphatic rings. The van der Waals surface area contributed by atoms with Crippen LogP contribution in [0.25, 0.3) is 0 Å². The van der Waals surface area contributed by atoms with Crippen LogP contribution in [0.15, 0.2) is 47.1 Å². The van der Waals surface area contributed by atoms with Crippen molar-refractivity contribution in [1.29, 1.82) is 0 Å². The van der Waals surface area contributed by atoms with Crippen molar-refractivity contribution in [2.45, 2.75) is 19.6 Å². The molecule has 1 amide bonds. The van der Waals surface area contributed by atoms with Gasteiger partial charge in [0.1, 0.15) is 11.5 Å². The minimum atomic E-state index is -2.87. The monoisotopic (exact) mass is 310 g/mol. The Morgan fingerprint density at radius 1 is 1.27 bits per heavy atom. The number of benzene rings is 1. The SMILES string of the molecule is C[C@H](NCC(=O)Nc1ccc(OC(F)F)cc1)c1ccco1. The first-order chi connectivity index (χ1) is 10.5. The molecule has 0 aliphatic carbocycles. The molecule has 0 saturated carbocycles. The minimum absolute atomic E-state index is 0.0394. The van der Waals surface area contributed by atoms with E-state index >= 15 is 0 Å². The Kier molecular flexibility index (Phi) is 5.48. The number of furan rings is 1. The third-order valence-electron chi connectivity index (χ3n) is 2.90. The molecule has 0 aliphatic heterocycles. The van der Waals surface area contributed by atoms with Gasteiger partial charge in [0.2, 0.25) is 5.91 Å². The topological polar surface area (TPSA) is 63.5 Å². The first-order valence-electron chi connectivity index (χ1n) is 6.66. The third-order valence-corrected chi connectivity index (χ3v) is 2.90. The lowest BCUT2D eigenvalue weighted by atomic mass is 10.2. The lowest BCUT2D eigenvalue weighted by Gasteiger charge is -2.11. The van der Waals surface area contributed by atoms with Gasteiger partial charge in [0.05, 0.1) is 18.8 Å². The summed E-state index contributed by atoms with van der Waals surface area (Å²) in [4.78, 5) is 11.8. The van der Waals surface area contributed by atoms with Gasteiger partial charge in [-0.2, -0.15) is 8.78 Å². The van der Waals surface area contributed by atoms with Crippen molar-refractivity contribution in [2.24, 2.45) is 0 Å². The Hall–Kier alpha value is -2.41. The highest BCUT2D eigenvalue weighted by Gasteiger charge is 2.10. The lowest BCUT2D eigenvalue weighted by molar-refractivity contribution is -0.115. The minimum Gasteiger partial charge on any atom is -0.468 e. The van der Waals surface area contributed by atoms with E-state index in [9.17, 15) is 13.6 Å².